The highest BCUT2D eigenvalue weighted by atomic mass is 32.2. The fourth-order valence-electron chi connectivity index (χ4n) is 2.85. The monoisotopic (exact) mass is 344 g/mol. The van der Waals surface area contributed by atoms with Gasteiger partial charge in [-0.2, -0.15) is 0 Å². The third kappa shape index (κ3) is 3.28. The molecule has 126 valence electrons. The van der Waals surface area contributed by atoms with Crippen LogP contribution in [0.2, 0.25) is 0 Å². The molecule has 0 aromatic heterocycles. The largest absolute Gasteiger partial charge is 0.378 e. The lowest BCUT2D eigenvalue weighted by molar-refractivity contribution is 0.102. The molecule has 0 unspecified atom stereocenters. The lowest BCUT2D eigenvalue weighted by Crippen LogP contribution is -2.17. The summed E-state index contributed by atoms with van der Waals surface area (Å²) >= 11 is 0. The third-order valence-electron chi connectivity index (χ3n) is 4.14. The van der Waals surface area contributed by atoms with Gasteiger partial charge in [0.1, 0.15) is 0 Å². The van der Waals surface area contributed by atoms with E-state index in [9.17, 15) is 13.2 Å². The van der Waals surface area contributed by atoms with Crippen LogP contribution in [-0.2, 0) is 16.3 Å². The third-order valence-corrected chi connectivity index (χ3v) is 6.03. The molecule has 0 atom stereocenters. The first kappa shape index (κ1) is 16.5. The van der Waals surface area contributed by atoms with Crippen molar-refractivity contribution >= 4 is 27.1 Å². The van der Waals surface area contributed by atoms with Gasteiger partial charge in [0.05, 0.1) is 10.6 Å². The first-order valence-corrected chi connectivity index (χ1v) is 9.46. The number of sulfone groups is 1. The van der Waals surface area contributed by atoms with Crippen LogP contribution in [0.5, 0.6) is 0 Å². The Kier molecular flexibility index (Phi) is 4.32. The fraction of sp³-hybridized carbons (Fsp3) is 0.278. The lowest BCUT2D eigenvalue weighted by atomic mass is 10.1. The summed E-state index contributed by atoms with van der Waals surface area (Å²) in [6, 6.07) is 12.3. The van der Waals surface area contributed by atoms with Gasteiger partial charge in [-0.1, -0.05) is 6.07 Å². The van der Waals surface area contributed by atoms with Gasteiger partial charge in [0.15, 0.2) is 9.84 Å². The molecule has 6 heteroatoms. The molecule has 1 N–H and O–H groups in total. The quantitative estimate of drug-likeness (QED) is 0.930. The molecule has 24 heavy (non-hydrogen) atoms. The number of rotatable bonds is 3. The molecule has 1 amide bonds. The topological polar surface area (TPSA) is 66.5 Å². The zero-order chi connectivity index (χ0) is 17.3. The van der Waals surface area contributed by atoms with Crippen LogP contribution in [0.3, 0.4) is 0 Å². The highest BCUT2D eigenvalue weighted by Crippen LogP contribution is 2.27. The van der Waals surface area contributed by atoms with E-state index in [1.54, 1.807) is 24.3 Å². The van der Waals surface area contributed by atoms with Gasteiger partial charge >= 0.3 is 0 Å². The van der Waals surface area contributed by atoms with Crippen LogP contribution < -0.4 is 10.2 Å². The molecular weight excluding hydrogens is 324 g/mol. The van der Waals surface area contributed by atoms with E-state index in [1.165, 1.54) is 0 Å². The van der Waals surface area contributed by atoms with Crippen molar-refractivity contribution in [1.29, 1.82) is 0 Å². The van der Waals surface area contributed by atoms with Gasteiger partial charge in [0.25, 0.3) is 5.91 Å². The van der Waals surface area contributed by atoms with Crippen molar-refractivity contribution in [2.75, 3.05) is 30.1 Å². The Balaban J connectivity index is 1.84. The van der Waals surface area contributed by atoms with E-state index in [-0.39, 0.29) is 11.7 Å². The number of anilines is 2. The second kappa shape index (κ2) is 6.28. The van der Waals surface area contributed by atoms with E-state index in [0.717, 1.165) is 11.3 Å². The molecule has 2 aromatic rings. The number of nitrogens with zero attached hydrogens (tertiary/aromatic N) is 1. The highest BCUT2D eigenvalue weighted by Gasteiger charge is 2.23. The van der Waals surface area contributed by atoms with Gasteiger partial charge in [0, 0.05) is 31.0 Å². The molecule has 1 aliphatic rings. The summed E-state index contributed by atoms with van der Waals surface area (Å²) in [4.78, 5) is 14.8. The summed E-state index contributed by atoms with van der Waals surface area (Å²) in [6.07, 6.45) is 1.34. The fourth-order valence-corrected chi connectivity index (χ4v) is 4.43. The standard InChI is InChI=1S/C18H20N2O3S/c1-20(2)16-7-3-5-14(12-16)18(21)19-15-8-9-17-13(11-15)6-4-10-24(17,22)23/h3,5,7-9,11-12H,4,6,10H2,1-2H3,(H,19,21). The van der Waals surface area contributed by atoms with Gasteiger partial charge in [-0.05, 0) is 54.8 Å². The Morgan fingerprint density at radius 3 is 2.67 bits per heavy atom. The van der Waals surface area contributed by atoms with Crippen molar-refractivity contribution in [1.82, 2.24) is 0 Å². The van der Waals surface area contributed by atoms with E-state index in [2.05, 4.69) is 5.32 Å². The number of benzene rings is 2. The van der Waals surface area contributed by atoms with Crippen molar-refractivity contribution in [3.8, 4) is 0 Å². The Labute approximate surface area is 142 Å². The minimum atomic E-state index is -3.17. The molecule has 0 saturated heterocycles. The molecule has 2 aromatic carbocycles. The molecule has 0 radical (unpaired) electrons. The number of fused-ring (bicyclic) bond motifs is 1. The first-order chi connectivity index (χ1) is 11.4. The Hall–Kier alpha value is -2.34. The zero-order valence-electron chi connectivity index (χ0n) is 13.7. The minimum Gasteiger partial charge on any atom is -0.378 e. The van der Waals surface area contributed by atoms with Crippen LogP contribution in [0.15, 0.2) is 47.4 Å². The molecule has 0 fully saturated rings. The Bertz CT molecular complexity index is 889. The van der Waals surface area contributed by atoms with Gasteiger partial charge in [-0.15, -0.1) is 0 Å². The number of amides is 1. The average molecular weight is 344 g/mol. The highest BCUT2D eigenvalue weighted by molar-refractivity contribution is 7.91. The van der Waals surface area contributed by atoms with Crippen molar-refractivity contribution < 1.29 is 13.2 Å². The number of carbonyl (C=O) groups is 1. The van der Waals surface area contributed by atoms with Crippen LogP contribution in [0, 0.1) is 0 Å². The molecular formula is C18H20N2O3S. The maximum absolute atomic E-state index is 12.4. The molecule has 3 rings (SSSR count). The van der Waals surface area contributed by atoms with Gasteiger partial charge in [0.2, 0.25) is 0 Å². The zero-order valence-corrected chi connectivity index (χ0v) is 14.6. The average Bonchev–Trinajstić information content (AvgIpc) is 2.54. The maximum atomic E-state index is 12.4. The van der Waals surface area contributed by atoms with Crippen LogP contribution in [0.4, 0.5) is 11.4 Å². The van der Waals surface area contributed by atoms with Crippen LogP contribution in [0.25, 0.3) is 0 Å². The summed E-state index contributed by atoms with van der Waals surface area (Å²) < 4.78 is 24.1. The number of aryl methyl sites for hydroxylation is 1. The normalized spacial score (nSPS) is 15.4. The first-order valence-electron chi connectivity index (χ1n) is 7.81. The Morgan fingerprint density at radius 2 is 1.92 bits per heavy atom. The number of hydrogen-bond acceptors (Lipinski definition) is 4. The SMILES string of the molecule is CN(C)c1cccc(C(=O)Nc2ccc3c(c2)CCCS3(=O)=O)c1. The molecule has 0 spiro atoms. The molecule has 0 bridgehead atoms. The second-order valence-electron chi connectivity index (χ2n) is 6.14. The smallest absolute Gasteiger partial charge is 0.255 e. The van der Waals surface area contributed by atoms with Crippen molar-refractivity contribution in [2.24, 2.45) is 0 Å². The number of nitrogens with one attached hydrogen (secondary N) is 1. The molecule has 0 aliphatic carbocycles. The molecule has 5 nitrogen and oxygen atoms in total. The van der Waals surface area contributed by atoms with E-state index in [0.29, 0.717) is 29.0 Å². The maximum Gasteiger partial charge on any atom is 0.255 e. The summed E-state index contributed by atoms with van der Waals surface area (Å²) in [5.74, 6) is -0.0134. The number of carbonyl (C=O) groups excluding carboxylic acids is 1. The second-order valence-corrected chi connectivity index (χ2v) is 8.22. The number of hydrogen-bond donors (Lipinski definition) is 1. The van der Waals surface area contributed by atoms with Crippen LogP contribution in [0.1, 0.15) is 22.3 Å². The van der Waals surface area contributed by atoms with Crippen molar-refractivity contribution in [3.05, 3.63) is 53.6 Å². The summed E-state index contributed by atoms with van der Waals surface area (Å²) in [6.45, 7) is 0. The van der Waals surface area contributed by atoms with Crippen LogP contribution in [-0.4, -0.2) is 34.2 Å². The predicted molar refractivity (Wildman–Crippen MR) is 95.5 cm³/mol. The van der Waals surface area contributed by atoms with Crippen LogP contribution >= 0.6 is 0 Å². The summed E-state index contributed by atoms with van der Waals surface area (Å²) in [7, 11) is 0.662. The van der Waals surface area contributed by atoms with E-state index in [1.807, 2.05) is 37.2 Å². The van der Waals surface area contributed by atoms with Gasteiger partial charge < -0.3 is 10.2 Å². The van der Waals surface area contributed by atoms with E-state index >= 15 is 0 Å². The summed E-state index contributed by atoms with van der Waals surface area (Å²) in [5.41, 5.74) is 2.90. The van der Waals surface area contributed by atoms with Gasteiger partial charge in [-0.25, -0.2) is 8.42 Å². The molecule has 0 saturated carbocycles. The minimum absolute atomic E-state index is 0.197. The van der Waals surface area contributed by atoms with E-state index in [4.69, 9.17) is 0 Å². The molecule has 1 heterocycles. The summed E-state index contributed by atoms with van der Waals surface area (Å²) in [5, 5.41) is 2.85. The Morgan fingerprint density at radius 1 is 1.12 bits per heavy atom. The van der Waals surface area contributed by atoms with Gasteiger partial charge in [-0.3, -0.25) is 4.79 Å². The predicted octanol–water partition coefficient (Wildman–Crippen LogP) is 2.72. The van der Waals surface area contributed by atoms with E-state index < -0.39 is 9.84 Å². The lowest BCUT2D eigenvalue weighted by Gasteiger charge is -2.17. The van der Waals surface area contributed by atoms with Crippen molar-refractivity contribution in [2.45, 2.75) is 17.7 Å². The van der Waals surface area contributed by atoms with Crippen molar-refractivity contribution in [3.63, 3.8) is 0 Å². The molecule has 1 aliphatic heterocycles.